The third-order valence-corrected chi connectivity index (χ3v) is 5.34. The molecule has 1 rings (SSSR count). The van der Waals surface area contributed by atoms with E-state index in [0.29, 0.717) is 11.5 Å². The summed E-state index contributed by atoms with van der Waals surface area (Å²) in [5, 5.41) is 0.487. The minimum Gasteiger partial charge on any atom is -0.330 e. The highest BCUT2D eigenvalue weighted by atomic mass is 16.7. The number of ketones is 1. The molecule has 7 nitrogen and oxygen atoms in total. The summed E-state index contributed by atoms with van der Waals surface area (Å²) in [6.07, 6.45) is 13.5. The zero-order chi connectivity index (χ0) is 21.5. The lowest BCUT2D eigenvalue weighted by atomic mass is 9.95. The van der Waals surface area contributed by atoms with E-state index in [9.17, 15) is 19.2 Å². The highest BCUT2D eigenvalue weighted by molar-refractivity contribution is 6.03. The highest BCUT2D eigenvalue weighted by Gasteiger charge is 2.36. The van der Waals surface area contributed by atoms with Crippen LogP contribution in [0.2, 0.25) is 0 Å². The number of unbranched alkanes of at least 4 members (excludes halogenated alkanes) is 10. The van der Waals surface area contributed by atoms with E-state index < -0.39 is 23.7 Å². The molecule has 2 N–H and O–H groups in total. The van der Waals surface area contributed by atoms with Gasteiger partial charge in [-0.25, -0.2) is 4.79 Å². The summed E-state index contributed by atoms with van der Waals surface area (Å²) in [7, 11) is 0. The van der Waals surface area contributed by atoms with Gasteiger partial charge in [0, 0.05) is 19.3 Å². The molecule has 1 heterocycles. The summed E-state index contributed by atoms with van der Waals surface area (Å²) in [6, 6.07) is 0. The van der Waals surface area contributed by atoms with Crippen molar-refractivity contribution in [2.24, 2.45) is 11.7 Å². The molecule has 1 aliphatic heterocycles. The van der Waals surface area contributed by atoms with E-state index in [4.69, 9.17) is 10.6 Å². The Morgan fingerprint density at radius 1 is 0.897 bits per heavy atom. The molecule has 29 heavy (non-hydrogen) atoms. The van der Waals surface area contributed by atoms with Crippen molar-refractivity contribution in [1.82, 2.24) is 5.06 Å². The van der Waals surface area contributed by atoms with Crippen molar-refractivity contribution >= 4 is 23.6 Å². The van der Waals surface area contributed by atoms with Crippen LogP contribution < -0.4 is 5.73 Å². The molecule has 0 bridgehead atoms. The molecule has 1 fully saturated rings. The van der Waals surface area contributed by atoms with Gasteiger partial charge in [0.25, 0.3) is 11.8 Å². The van der Waals surface area contributed by atoms with Gasteiger partial charge in [-0.15, -0.1) is 5.06 Å². The Kier molecular flexibility index (Phi) is 13.2. The van der Waals surface area contributed by atoms with E-state index in [1.54, 1.807) is 0 Å². The van der Waals surface area contributed by atoms with Gasteiger partial charge in [0.1, 0.15) is 11.7 Å². The largest absolute Gasteiger partial charge is 0.343 e. The second-order valence-corrected chi connectivity index (χ2v) is 7.87. The Bertz CT molecular complexity index is 519. The summed E-state index contributed by atoms with van der Waals surface area (Å²) >= 11 is 0. The fourth-order valence-corrected chi connectivity index (χ4v) is 3.53. The monoisotopic (exact) mass is 410 g/mol. The number of carbonyl (C=O) groups excluding carboxylic acids is 4. The molecular formula is C22H38N2O5. The fourth-order valence-electron chi connectivity index (χ4n) is 3.53. The molecule has 0 aliphatic carbocycles. The second kappa shape index (κ2) is 15.1. The van der Waals surface area contributed by atoms with Crippen LogP contribution in [0.25, 0.3) is 0 Å². The molecule has 0 saturated carbocycles. The van der Waals surface area contributed by atoms with Crippen LogP contribution in [0, 0.1) is 5.92 Å². The van der Waals surface area contributed by atoms with E-state index >= 15 is 0 Å². The summed E-state index contributed by atoms with van der Waals surface area (Å²) in [4.78, 5) is 52.7. The molecule has 1 unspecified atom stereocenters. The van der Waals surface area contributed by atoms with Gasteiger partial charge in [0.2, 0.25) is 0 Å². The number of hydrogen-bond acceptors (Lipinski definition) is 6. The molecule has 0 aromatic carbocycles. The Balaban J connectivity index is 2.21. The van der Waals surface area contributed by atoms with Crippen molar-refractivity contribution in [2.45, 2.75) is 103 Å². The summed E-state index contributed by atoms with van der Waals surface area (Å²) in [6.45, 7) is 2.38. The molecule has 1 atom stereocenters. The standard InChI is InChI=1S/C22H38N2O5/c1-2-3-4-5-6-7-8-9-10-11-12-13-19(25)18(16-17-23)22(28)29-24-20(26)14-15-21(24)27/h18H,2-17,23H2,1H3. The molecule has 166 valence electrons. The van der Waals surface area contributed by atoms with Crippen molar-refractivity contribution < 1.29 is 24.0 Å². The topological polar surface area (TPSA) is 107 Å². The van der Waals surface area contributed by atoms with Crippen LogP contribution >= 0.6 is 0 Å². The maximum atomic E-state index is 12.4. The number of hydroxylamine groups is 2. The molecule has 0 spiro atoms. The van der Waals surface area contributed by atoms with Crippen LogP contribution in [-0.2, 0) is 24.0 Å². The van der Waals surface area contributed by atoms with Crippen molar-refractivity contribution in [3.63, 3.8) is 0 Å². The van der Waals surface area contributed by atoms with E-state index in [1.807, 2.05) is 0 Å². The number of Topliss-reactive ketones (excluding diaryl/α,β-unsaturated/α-hetero) is 1. The van der Waals surface area contributed by atoms with Crippen molar-refractivity contribution in [2.75, 3.05) is 6.54 Å². The molecule has 7 heteroatoms. The van der Waals surface area contributed by atoms with Gasteiger partial charge in [0.15, 0.2) is 0 Å². The van der Waals surface area contributed by atoms with E-state index in [1.165, 1.54) is 51.4 Å². The Morgan fingerprint density at radius 2 is 1.38 bits per heavy atom. The lowest BCUT2D eigenvalue weighted by molar-refractivity contribution is -0.201. The minimum absolute atomic E-state index is 0.0281. The average Bonchev–Trinajstić information content (AvgIpc) is 3.02. The number of nitrogens with two attached hydrogens (primary N) is 1. The summed E-state index contributed by atoms with van der Waals surface area (Å²) in [5.41, 5.74) is 5.52. The van der Waals surface area contributed by atoms with Crippen molar-refractivity contribution in [1.29, 1.82) is 0 Å². The van der Waals surface area contributed by atoms with Crippen LogP contribution in [0.3, 0.4) is 0 Å². The predicted octanol–water partition coefficient (Wildman–Crippen LogP) is 3.83. The normalized spacial score (nSPS) is 15.0. The average molecular weight is 411 g/mol. The Hall–Kier alpha value is -1.76. The molecule has 2 amide bonds. The van der Waals surface area contributed by atoms with Gasteiger partial charge in [-0.3, -0.25) is 14.4 Å². The number of amides is 2. The lowest BCUT2D eigenvalue weighted by Gasteiger charge is -2.18. The molecular weight excluding hydrogens is 372 g/mol. The van der Waals surface area contributed by atoms with Gasteiger partial charge in [0.05, 0.1) is 0 Å². The SMILES string of the molecule is CCCCCCCCCCCCCC(=O)C(CCN)C(=O)ON1C(=O)CCC1=O. The van der Waals surface area contributed by atoms with Gasteiger partial charge in [-0.1, -0.05) is 71.1 Å². The first-order valence-electron chi connectivity index (χ1n) is 11.3. The quantitative estimate of drug-likeness (QED) is 0.222. The number of hydrogen-bond donors (Lipinski definition) is 1. The molecule has 0 radical (unpaired) electrons. The third kappa shape index (κ3) is 10.0. The third-order valence-electron chi connectivity index (χ3n) is 5.34. The first-order chi connectivity index (χ1) is 14.0. The van der Waals surface area contributed by atoms with Crippen LogP contribution in [0.5, 0.6) is 0 Å². The first-order valence-corrected chi connectivity index (χ1v) is 11.3. The maximum absolute atomic E-state index is 12.4. The summed E-state index contributed by atoms with van der Waals surface area (Å²) in [5.74, 6) is -3.19. The van der Waals surface area contributed by atoms with Crippen LogP contribution in [0.1, 0.15) is 103 Å². The molecule has 0 aromatic rings. The number of rotatable bonds is 17. The number of imide groups is 1. The van der Waals surface area contributed by atoms with Gasteiger partial charge in [-0.05, 0) is 19.4 Å². The van der Waals surface area contributed by atoms with Crippen LogP contribution in [0.4, 0.5) is 0 Å². The Labute approximate surface area is 174 Å². The fraction of sp³-hybridized carbons (Fsp3) is 0.818. The Morgan fingerprint density at radius 3 is 1.86 bits per heavy atom. The van der Waals surface area contributed by atoms with E-state index in [0.717, 1.165) is 19.3 Å². The van der Waals surface area contributed by atoms with E-state index in [2.05, 4.69) is 6.92 Å². The zero-order valence-corrected chi connectivity index (χ0v) is 18.0. The molecule has 1 saturated heterocycles. The maximum Gasteiger partial charge on any atom is 0.343 e. The second-order valence-electron chi connectivity index (χ2n) is 7.87. The van der Waals surface area contributed by atoms with Gasteiger partial charge in [-0.2, -0.15) is 0 Å². The zero-order valence-electron chi connectivity index (χ0n) is 18.0. The lowest BCUT2D eigenvalue weighted by Crippen LogP contribution is -2.37. The summed E-state index contributed by atoms with van der Waals surface area (Å²) < 4.78 is 0. The number of nitrogens with zero attached hydrogens (tertiary/aromatic N) is 1. The predicted molar refractivity (Wildman–Crippen MR) is 110 cm³/mol. The highest BCUT2D eigenvalue weighted by Crippen LogP contribution is 2.18. The van der Waals surface area contributed by atoms with E-state index in [-0.39, 0.29) is 31.6 Å². The van der Waals surface area contributed by atoms with Crippen LogP contribution in [-0.4, -0.2) is 35.2 Å². The van der Waals surface area contributed by atoms with Crippen molar-refractivity contribution in [3.05, 3.63) is 0 Å². The number of carbonyl (C=O) groups is 4. The molecule has 1 aliphatic rings. The van der Waals surface area contributed by atoms with Crippen LogP contribution in [0.15, 0.2) is 0 Å². The van der Waals surface area contributed by atoms with Crippen molar-refractivity contribution in [3.8, 4) is 0 Å². The molecule has 0 aromatic heterocycles. The first kappa shape index (κ1) is 25.3. The smallest absolute Gasteiger partial charge is 0.330 e. The van der Waals surface area contributed by atoms with Gasteiger partial charge < -0.3 is 10.6 Å². The minimum atomic E-state index is -1.01. The van der Waals surface area contributed by atoms with Gasteiger partial charge >= 0.3 is 5.97 Å².